The largest absolute Gasteiger partial charge is 0.354 e. The van der Waals surface area contributed by atoms with Crippen LogP contribution < -0.4 is 10.2 Å². The third-order valence-electron chi connectivity index (χ3n) is 6.02. The summed E-state index contributed by atoms with van der Waals surface area (Å²) in [6.45, 7) is 1.53. The molecule has 1 N–H and O–H groups in total. The summed E-state index contributed by atoms with van der Waals surface area (Å²) >= 11 is 6.37. The first kappa shape index (κ1) is 21.4. The van der Waals surface area contributed by atoms with Gasteiger partial charge in [-0.15, -0.1) is 0 Å². The molecule has 2 aromatic heterocycles. The number of hydrogen-bond acceptors (Lipinski definition) is 4. The topological polar surface area (TPSA) is 62.5 Å². The molecule has 6 nitrogen and oxygen atoms in total. The van der Waals surface area contributed by atoms with Gasteiger partial charge in [-0.3, -0.25) is 4.79 Å². The van der Waals surface area contributed by atoms with Gasteiger partial charge in [0.2, 0.25) is 5.91 Å². The molecule has 3 heterocycles. The molecule has 2 aromatic carbocycles. The molecule has 0 saturated carbocycles. The minimum atomic E-state index is -0.311. The first-order valence-corrected chi connectivity index (χ1v) is 11.3. The predicted molar refractivity (Wildman–Crippen MR) is 127 cm³/mol. The van der Waals surface area contributed by atoms with Crippen molar-refractivity contribution < 1.29 is 9.18 Å². The molecule has 33 heavy (non-hydrogen) atoms. The number of amides is 1. The number of fused-ring (bicyclic) bond motifs is 1. The fourth-order valence-corrected chi connectivity index (χ4v) is 4.54. The summed E-state index contributed by atoms with van der Waals surface area (Å²) in [7, 11) is 0. The molecule has 8 heteroatoms. The zero-order valence-corrected chi connectivity index (χ0v) is 18.7. The van der Waals surface area contributed by atoms with Crippen molar-refractivity contribution in [1.29, 1.82) is 0 Å². The smallest absolute Gasteiger partial charge is 0.225 e. The Hall–Kier alpha value is -3.45. The third kappa shape index (κ3) is 4.41. The van der Waals surface area contributed by atoms with Crippen molar-refractivity contribution in [2.75, 3.05) is 18.0 Å². The van der Waals surface area contributed by atoms with Gasteiger partial charge in [-0.2, -0.15) is 5.10 Å². The number of hydrogen-bond donors (Lipinski definition) is 1. The second-order valence-corrected chi connectivity index (χ2v) is 8.59. The summed E-state index contributed by atoms with van der Waals surface area (Å²) in [5, 5.41) is 8.21. The van der Waals surface area contributed by atoms with Crippen LogP contribution in [0.25, 0.3) is 16.8 Å². The first-order chi connectivity index (χ1) is 16.1. The van der Waals surface area contributed by atoms with Gasteiger partial charge in [-0.1, -0.05) is 48.0 Å². The lowest BCUT2D eigenvalue weighted by Gasteiger charge is -2.33. The van der Waals surface area contributed by atoms with Crippen LogP contribution in [0.1, 0.15) is 18.4 Å². The number of nitrogens with one attached hydrogen (secondary N) is 1. The van der Waals surface area contributed by atoms with Crippen LogP contribution >= 0.6 is 11.6 Å². The minimum absolute atomic E-state index is 0.0693. The average molecular weight is 464 g/mol. The Labute approximate surface area is 196 Å². The fraction of sp³-hybridized carbons (Fsp3) is 0.240. The Morgan fingerprint density at radius 2 is 2.00 bits per heavy atom. The predicted octanol–water partition coefficient (Wildman–Crippen LogP) is 4.72. The van der Waals surface area contributed by atoms with Crippen LogP contribution in [-0.4, -0.2) is 33.6 Å². The molecule has 1 amide bonds. The molecule has 168 valence electrons. The number of anilines is 1. The highest BCUT2D eigenvalue weighted by Gasteiger charge is 2.28. The molecular weight excluding hydrogens is 441 g/mol. The summed E-state index contributed by atoms with van der Waals surface area (Å²) < 4.78 is 15.7. The van der Waals surface area contributed by atoms with E-state index in [4.69, 9.17) is 11.6 Å². The van der Waals surface area contributed by atoms with E-state index in [1.54, 1.807) is 28.9 Å². The van der Waals surface area contributed by atoms with E-state index in [1.807, 2.05) is 36.5 Å². The van der Waals surface area contributed by atoms with Crippen molar-refractivity contribution in [1.82, 2.24) is 19.9 Å². The Balaban J connectivity index is 1.35. The van der Waals surface area contributed by atoms with Crippen molar-refractivity contribution in [3.8, 4) is 11.3 Å². The SMILES string of the molecule is O=C(NCc1ccccc1F)C1CCCN(c2nccn3nc(-c4ccccc4Cl)cc23)C1. The van der Waals surface area contributed by atoms with Gasteiger partial charge in [-0.05, 0) is 31.0 Å². The molecule has 1 aliphatic rings. The maximum atomic E-state index is 13.9. The van der Waals surface area contributed by atoms with Gasteiger partial charge in [0.1, 0.15) is 11.3 Å². The first-order valence-electron chi connectivity index (χ1n) is 11.0. The number of carbonyl (C=O) groups is 1. The molecule has 1 saturated heterocycles. The van der Waals surface area contributed by atoms with Crippen LogP contribution in [0.4, 0.5) is 10.2 Å². The number of carbonyl (C=O) groups excluding carboxylic acids is 1. The molecule has 0 aliphatic carbocycles. The average Bonchev–Trinajstić information content (AvgIpc) is 3.28. The Bertz CT molecular complexity index is 1310. The van der Waals surface area contributed by atoms with E-state index in [1.165, 1.54) is 6.07 Å². The number of rotatable bonds is 5. The highest BCUT2D eigenvalue weighted by atomic mass is 35.5. The van der Waals surface area contributed by atoms with Gasteiger partial charge in [0.25, 0.3) is 0 Å². The highest BCUT2D eigenvalue weighted by molar-refractivity contribution is 6.33. The highest BCUT2D eigenvalue weighted by Crippen LogP contribution is 2.31. The van der Waals surface area contributed by atoms with E-state index >= 15 is 0 Å². The van der Waals surface area contributed by atoms with Gasteiger partial charge in [0, 0.05) is 43.2 Å². The summed E-state index contributed by atoms with van der Waals surface area (Å²) in [4.78, 5) is 19.6. The van der Waals surface area contributed by atoms with E-state index in [0.717, 1.165) is 42.0 Å². The molecule has 1 atom stereocenters. The molecule has 0 radical (unpaired) electrons. The zero-order chi connectivity index (χ0) is 22.8. The van der Waals surface area contributed by atoms with Crippen molar-refractivity contribution in [3.63, 3.8) is 0 Å². The number of aromatic nitrogens is 3. The molecule has 0 spiro atoms. The van der Waals surface area contributed by atoms with Crippen LogP contribution in [0.15, 0.2) is 67.0 Å². The minimum Gasteiger partial charge on any atom is -0.354 e. The van der Waals surface area contributed by atoms with Crippen LogP contribution in [0.2, 0.25) is 5.02 Å². The van der Waals surface area contributed by atoms with Crippen molar-refractivity contribution in [2.45, 2.75) is 19.4 Å². The van der Waals surface area contributed by atoms with Crippen molar-refractivity contribution >= 4 is 28.8 Å². The zero-order valence-electron chi connectivity index (χ0n) is 17.9. The molecule has 1 unspecified atom stereocenters. The lowest BCUT2D eigenvalue weighted by atomic mass is 9.97. The number of benzene rings is 2. The summed E-state index contributed by atoms with van der Waals surface area (Å²) in [5.74, 6) is 0.211. The van der Waals surface area contributed by atoms with Crippen LogP contribution in [-0.2, 0) is 11.3 Å². The third-order valence-corrected chi connectivity index (χ3v) is 6.35. The van der Waals surface area contributed by atoms with E-state index in [9.17, 15) is 9.18 Å². The van der Waals surface area contributed by atoms with Crippen LogP contribution in [0, 0.1) is 11.7 Å². The maximum absolute atomic E-state index is 13.9. The molecular formula is C25H23ClFN5O. The van der Waals surface area contributed by atoms with Crippen molar-refractivity contribution in [2.24, 2.45) is 5.92 Å². The second kappa shape index (κ2) is 9.19. The van der Waals surface area contributed by atoms with E-state index in [2.05, 4.69) is 20.3 Å². The molecule has 4 aromatic rings. The molecule has 5 rings (SSSR count). The standard InChI is InChI=1S/C25H23ClFN5O/c26-20-9-3-2-8-19(20)22-14-23-24(28-11-13-32(23)30-22)31-12-5-7-18(16-31)25(33)29-15-17-6-1-4-10-21(17)27/h1-4,6,8-11,13-14,18H,5,7,12,15-16H2,(H,29,33). The summed E-state index contributed by atoms with van der Waals surface area (Å²) in [6, 6.07) is 16.1. The number of piperidine rings is 1. The quantitative estimate of drug-likeness (QED) is 0.465. The molecule has 1 fully saturated rings. The Kier molecular flexibility index (Phi) is 5.96. The maximum Gasteiger partial charge on any atom is 0.225 e. The number of nitrogens with zero attached hydrogens (tertiary/aromatic N) is 4. The van der Waals surface area contributed by atoms with E-state index in [0.29, 0.717) is 17.1 Å². The van der Waals surface area contributed by atoms with Crippen LogP contribution in [0.5, 0.6) is 0 Å². The normalized spacial score (nSPS) is 16.2. The fourth-order valence-electron chi connectivity index (χ4n) is 4.30. The molecule has 1 aliphatic heterocycles. The second-order valence-electron chi connectivity index (χ2n) is 8.18. The molecule has 0 bridgehead atoms. The van der Waals surface area contributed by atoms with Crippen LogP contribution in [0.3, 0.4) is 0 Å². The van der Waals surface area contributed by atoms with Gasteiger partial charge < -0.3 is 10.2 Å². The van der Waals surface area contributed by atoms with Gasteiger partial charge >= 0.3 is 0 Å². The van der Waals surface area contributed by atoms with Crippen molar-refractivity contribution in [3.05, 3.63) is 83.4 Å². The monoisotopic (exact) mass is 463 g/mol. The Morgan fingerprint density at radius 3 is 2.85 bits per heavy atom. The van der Waals surface area contributed by atoms with Gasteiger partial charge in [0.15, 0.2) is 5.82 Å². The van der Waals surface area contributed by atoms with E-state index < -0.39 is 0 Å². The van der Waals surface area contributed by atoms with Gasteiger partial charge in [-0.25, -0.2) is 13.9 Å². The number of halogens is 2. The summed E-state index contributed by atoms with van der Waals surface area (Å²) in [5.41, 5.74) is 2.97. The van der Waals surface area contributed by atoms with E-state index in [-0.39, 0.29) is 24.2 Å². The lowest BCUT2D eigenvalue weighted by molar-refractivity contribution is -0.125. The summed E-state index contributed by atoms with van der Waals surface area (Å²) in [6.07, 6.45) is 5.17. The lowest BCUT2D eigenvalue weighted by Crippen LogP contribution is -2.43. The van der Waals surface area contributed by atoms with Gasteiger partial charge in [0.05, 0.1) is 16.6 Å². The Morgan fingerprint density at radius 1 is 1.18 bits per heavy atom.